The molecule has 152 valence electrons. The van der Waals surface area contributed by atoms with E-state index in [4.69, 9.17) is 4.74 Å². The van der Waals surface area contributed by atoms with E-state index >= 15 is 0 Å². The molecule has 0 saturated heterocycles. The number of hydrogen-bond donors (Lipinski definition) is 1. The van der Waals surface area contributed by atoms with Crippen molar-refractivity contribution in [3.05, 3.63) is 12.2 Å². The molecule has 0 heterocycles. The minimum absolute atomic E-state index is 0.0775. The molecule has 3 nitrogen and oxygen atoms in total. The van der Waals surface area contributed by atoms with Gasteiger partial charge in [-0.3, -0.25) is 0 Å². The van der Waals surface area contributed by atoms with Crippen LogP contribution in [0.3, 0.4) is 0 Å². The van der Waals surface area contributed by atoms with E-state index in [1.165, 1.54) is 6.92 Å². The number of carbonyl (C=O) groups is 1. The van der Waals surface area contributed by atoms with Crippen molar-refractivity contribution in [3.63, 3.8) is 0 Å². The van der Waals surface area contributed by atoms with Gasteiger partial charge < -0.3 is 9.84 Å². The van der Waals surface area contributed by atoms with E-state index in [0.717, 1.165) is 0 Å². The van der Waals surface area contributed by atoms with Gasteiger partial charge in [0.1, 0.15) is 6.10 Å². The smallest absolute Gasteiger partial charge is 0.426 e. The molecule has 0 aliphatic heterocycles. The summed E-state index contributed by atoms with van der Waals surface area (Å²) in [6.45, 7) is 8.10. The second kappa shape index (κ2) is 7.78. The number of carbonyl (C=O) groups excluding carboxylic acids is 1. The van der Waals surface area contributed by atoms with Crippen LogP contribution in [0, 0.1) is 17.8 Å². The van der Waals surface area contributed by atoms with Crippen LogP contribution in [0.15, 0.2) is 12.2 Å². The van der Waals surface area contributed by atoms with Gasteiger partial charge in [-0.15, -0.1) is 0 Å². The van der Waals surface area contributed by atoms with Crippen LogP contribution in [0.5, 0.6) is 0 Å². The molecule has 0 radical (unpaired) electrons. The van der Waals surface area contributed by atoms with E-state index in [1.54, 1.807) is 13.8 Å². The van der Waals surface area contributed by atoms with E-state index in [-0.39, 0.29) is 24.3 Å². The number of hydrogen-bond acceptors (Lipinski definition) is 3. The lowest BCUT2D eigenvalue weighted by Crippen LogP contribution is -2.59. The van der Waals surface area contributed by atoms with Crippen molar-refractivity contribution in [2.45, 2.75) is 70.5 Å². The fourth-order valence-corrected chi connectivity index (χ4v) is 3.64. The van der Waals surface area contributed by atoms with E-state index in [2.05, 4.69) is 6.58 Å². The number of ether oxygens (including phenoxy) is 1. The highest BCUT2D eigenvalue weighted by molar-refractivity contribution is 5.87. The average Bonchev–Trinajstić information content (AvgIpc) is 2.44. The fourth-order valence-electron chi connectivity index (χ4n) is 3.64. The first kappa shape index (κ1) is 22.8. The van der Waals surface area contributed by atoms with Gasteiger partial charge in [-0.25, -0.2) is 4.79 Å². The third-order valence-corrected chi connectivity index (χ3v) is 5.00. The Labute approximate surface area is 148 Å². The molecule has 0 amide bonds. The maximum Gasteiger partial charge on any atom is 0.426 e. The Morgan fingerprint density at radius 3 is 2.04 bits per heavy atom. The first-order valence-electron chi connectivity index (χ1n) is 8.36. The molecule has 1 rings (SSSR count). The normalized spacial score (nSPS) is 27.9. The van der Waals surface area contributed by atoms with Gasteiger partial charge in [-0.2, -0.15) is 26.3 Å². The summed E-state index contributed by atoms with van der Waals surface area (Å²) in [6, 6.07) is 0. The van der Waals surface area contributed by atoms with Crippen LogP contribution in [0.4, 0.5) is 26.3 Å². The molecule has 1 fully saturated rings. The number of alkyl halides is 6. The maximum atomic E-state index is 13.0. The van der Waals surface area contributed by atoms with Gasteiger partial charge in [0, 0.05) is 5.57 Å². The Morgan fingerprint density at radius 1 is 1.15 bits per heavy atom. The molecule has 1 aliphatic carbocycles. The molecule has 0 spiro atoms. The first-order chi connectivity index (χ1) is 11.6. The van der Waals surface area contributed by atoms with Crippen LogP contribution in [-0.2, 0) is 9.53 Å². The van der Waals surface area contributed by atoms with Gasteiger partial charge in [0.2, 0.25) is 0 Å². The SMILES string of the molecule is C=C(C)C(=O)OC1CC(C)CC(CC(O)(C(F)(F)F)C(F)(F)F)C1CC. The van der Waals surface area contributed by atoms with Crippen molar-refractivity contribution in [1.29, 1.82) is 0 Å². The Hall–Kier alpha value is -1.25. The zero-order chi connectivity index (χ0) is 20.5. The molecule has 0 aromatic carbocycles. The van der Waals surface area contributed by atoms with E-state index in [1.807, 2.05) is 0 Å². The third kappa shape index (κ3) is 4.72. The zero-order valence-corrected chi connectivity index (χ0v) is 14.9. The zero-order valence-electron chi connectivity index (χ0n) is 14.9. The molecule has 1 saturated carbocycles. The molecule has 0 aromatic rings. The highest BCUT2D eigenvalue weighted by Crippen LogP contribution is 2.51. The Morgan fingerprint density at radius 2 is 1.65 bits per heavy atom. The molecule has 0 aromatic heterocycles. The highest BCUT2D eigenvalue weighted by atomic mass is 19.4. The second-order valence-corrected chi connectivity index (χ2v) is 7.19. The lowest BCUT2D eigenvalue weighted by atomic mass is 9.67. The second-order valence-electron chi connectivity index (χ2n) is 7.19. The van der Waals surface area contributed by atoms with Crippen molar-refractivity contribution in [3.8, 4) is 0 Å². The van der Waals surface area contributed by atoms with Gasteiger partial charge in [0.25, 0.3) is 5.60 Å². The molecular formula is C17H24F6O3. The lowest BCUT2D eigenvalue weighted by molar-refractivity contribution is -0.374. The van der Waals surface area contributed by atoms with E-state index in [0.29, 0.717) is 6.42 Å². The number of halogens is 6. The Bertz CT molecular complexity index is 512. The number of rotatable bonds is 5. The summed E-state index contributed by atoms with van der Waals surface area (Å²) in [5.41, 5.74) is -4.70. The molecule has 1 N–H and O–H groups in total. The van der Waals surface area contributed by atoms with Crippen LogP contribution in [0.2, 0.25) is 0 Å². The van der Waals surface area contributed by atoms with Crippen molar-refractivity contribution in [1.82, 2.24) is 0 Å². The summed E-state index contributed by atoms with van der Waals surface area (Å²) in [6.07, 6.45) is -13.4. The van der Waals surface area contributed by atoms with Crippen molar-refractivity contribution < 1.29 is 41.0 Å². The average molecular weight is 390 g/mol. The van der Waals surface area contributed by atoms with Gasteiger partial charge in [0.15, 0.2) is 0 Å². The molecule has 26 heavy (non-hydrogen) atoms. The third-order valence-electron chi connectivity index (χ3n) is 5.00. The van der Waals surface area contributed by atoms with E-state index in [9.17, 15) is 36.2 Å². The fraction of sp³-hybridized carbons (Fsp3) is 0.824. The van der Waals surface area contributed by atoms with Gasteiger partial charge in [-0.05, 0) is 50.4 Å². The van der Waals surface area contributed by atoms with Gasteiger partial charge >= 0.3 is 18.3 Å². The molecular weight excluding hydrogens is 366 g/mol. The molecule has 9 heteroatoms. The standard InChI is InChI=1S/C17H24F6O3/c1-5-12-11(8-15(25,16(18,19)20)17(21,22)23)6-10(4)7-13(12)26-14(24)9(2)3/h10-13,25H,2,5-8H2,1,3-4H3. The summed E-state index contributed by atoms with van der Waals surface area (Å²) in [5, 5.41) is 9.52. The molecule has 0 bridgehead atoms. The van der Waals surface area contributed by atoms with Crippen molar-refractivity contribution in [2.75, 3.05) is 0 Å². The monoisotopic (exact) mass is 390 g/mol. The van der Waals surface area contributed by atoms with Gasteiger partial charge in [-0.1, -0.05) is 20.4 Å². The largest absolute Gasteiger partial charge is 0.459 e. The van der Waals surface area contributed by atoms with E-state index < -0.39 is 48.3 Å². The van der Waals surface area contributed by atoms with Crippen LogP contribution in [0.25, 0.3) is 0 Å². The Balaban J connectivity index is 3.15. The summed E-state index contributed by atoms with van der Waals surface area (Å²) in [5.74, 6) is -2.80. The minimum atomic E-state index is -5.85. The number of aliphatic hydroxyl groups is 1. The summed E-state index contributed by atoms with van der Waals surface area (Å²) < 4.78 is 83.4. The van der Waals surface area contributed by atoms with Crippen molar-refractivity contribution >= 4 is 5.97 Å². The summed E-state index contributed by atoms with van der Waals surface area (Å²) in [4.78, 5) is 11.8. The van der Waals surface area contributed by atoms with Crippen LogP contribution >= 0.6 is 0 Å². The predicted octanol–water partition coefficient (Wildman–Crippen LogP) is 4.79. The van der Waals surface area contributed by atoms with Crippen LogP contribution in [-0.4, -0.2) is 35.1 Å². The quantitative estimate of drug-likeness (QED) is 0.417. The molecule has 1 aliphatic rings. The topological polar surface area (TPSA) is 46.5 Å². The lowest BCUT2D eigenvalue weighted by Gasteiger charge is -2.44. The van der Waals surface area contributed by atoms with Gasteiger partial charge in [0.05, 0.1) is 0 Å². The van der Waals surface area contributed by atoms with Crippen LogP contribution < -0.4 is 0 Å². The number of esters is 1. The molecule has 4 atom stereocenters. The molecule has 4 unspecified atom stereocenters. The van der Waals surface area contributed by atoms with Crippen LogP contribution in [0.1, 0.15) is 46.5 Å². The highest BCUT2D eigenvalue weighted by Gasteiger charge is 2.71. The first-order valence-corrected chi connectivity index (χ1v) is 8.36. The maximum absolute atomic E-state index is 13.0. The predicted molar refractivity (Wildman–Crippen MR) is 82.0 cm³/mol. The van der Waals surface area contributed by atoms with Crippen molar-refractivity contribution in [2.24, 2.45) is 17.8 Å². The Kier molecular flexibility index (Phi) is 6.82. The minimum Gasteiger partial charge on any atom is -0.459 e. The summed E-state index contributed by atoms with van der Waals surface area (Å²) >= 11 is 0. The summed E-state index contributed by atoms with van der Waals surface area (Å²) in [7, 11) is 0.